The van der Waals surface area contributed by atoms with E-state index in [1.54, 1.807) is 41.3 Å². The lowest BCUT2D eigenvalue weighted by Gasteiger charge is -2.34. The third-order valence-corrected chi connectivity index (χ3v) is 6.38. The van der Waals surface area contributed by atoms with Crippen molar-refractivity contribution in [3.8, 4) is 11.5 Å². The molecule has 2 aromatic carbocycles. The average molecular weight is 471 g/mol. The van der Waals surface area contributed by atoms with Gasteiger partial charge in [0.05, 0.1) is 5.69 Å². The summed E-state index contributed by atoms with van der Waals surface area (Å²) in [7, 11) is 0. The monoisotopic (exact) mass is 470 g/mol. The van der Waals surface area contributed by atoms with Gasteiger partial charge in [-0.15, -0.1) is 0 Å². The molecule has 174 valence electrons. The van der Waals surface area contributed by atoms with E-state index in [9.17, 15) is 14.4 Å². The number of halogens is 1. The maximum atomic E-state index is 12.9. The highest BCUT2D eigenvalue weighted by Gasteiger charge is 2.30. The Bertz CT molecular complexity index is 1080. The van der Waals surface area contributed by atoms with E-state index in [1.807, 2.05) is 6.92 Å². The summed E-state index contributed by atoms with van der Waals surface area (Å²) in [6.07, 6.45) is 1.93. The second kappa shape index (κ2) is 9.83. The number of Topliss-reactive ketones (excluding diaryl/α,β-unsaturated/α-hetero) is 1. The van der Waals surface area contributed by atoms with Crippen molar-refractivity contribution in [2.75, 3.05) is 37.7 Å². The van der Waals surface area contributed by atoms with Crippen LogP contribution in [0.3, 0.4) is 0 Å². The molecular formula is C25H27ClN2O5. The molecule has 0 radical (unpaired) electrons. The number of rotatable bonds is 6. The normalized spacial score (nSPS) is 16.3. The zero-order valence-electron chi connectivity index (χ0n) is 18.8. The number of piperidine rings is 1. The van der Waals surface area contributed by atoms with E-state index in [2.05, 4.69) is 6.92 Å². The number of aryl methyl sites for hydroxylation is 1. The van der Waals surface area contributed by atoms with Gasteiger partial charge in [0.1, 0.15) is 18.0 Å². The molecule has 0 bridgehead atoms. The van der Waals surface area contributed by atoms with Crippen molar-refractivity contribution in [2.45, 2.75) is 26.7 Å². The van der Waals surface area contributed by atoms with E-state index in [0.29, 0.717) is 46.8 Å². The fourth-order valence-corrected chi connectivity index (χ4v) is 4.27. The van der Waals surface area contributed by atoms with Gasteiger partial charge in [0.25, 0.3) is 5.91 Å². The summed E-state index contributed by atoms with van der Waals surface area (Å²) in [5, 5.41) is 0.597. The highest BCUT2D eigenvalue weighted by Crippen LogP contribution is 2.33. The Labute approximate surface area is 198 Å². The molecule has 1 fully saturated rings. The molecular weight excluding hydrogens is 444 g/mol. The van der Waals surface area contributed by atoms with Crippen LogP contribution in [0.2, 0.25) is 5.02 Å². The third kappa shape index (κ3) is 5.30. The first-order chi connectivity index (χ1) is 15.8. The van der Waals surface area contributed by atoms with Crippen molar-refractivity contribution in [3.63, 3.8) is 0 Å². The number of carbonyl (C=O) groups is 3. The van der Waals surface area contributed by atoms with E-state index in [4.69, 9.17) is 21.1 Å². The first-order valence-corrected chi connectivity index (χ1v) is 11.5. The number of likely N-dealkylation sites (tertiary alicyclic amines) is 1. The molecule has 0 aromatic heterocycles. The SMILES string of the molecule is Cc1cc(Cl)ccc1OCC(=O)c1ccc2c(c1)N(CC(=O)N1CCC(C)CC1)C(=O)CO2. The maximum absolute atomic E-state index is 12.9. The van der Waals surface area contributed by atoms with Gasteiger partial charge in [0.2, 0.25) is 5.91 Å². The third-order valence-electron chi connectivity index (χ3n) is 6.15. The summed E-state index contributed by atoms with van der Waals surface area (Å²) in [5.41, 5.74) is 1.64. The lowest BCUT2D eigenvalue weighted by atomic mass is 9.99. The number of hydrogen-bond donors (Lipinski definition) is 0. The molecule has 2 heterocycles. The van der Waals surface area contributed by atoms with E-state index in [-0.39, 0.29) is 37.4 Å². The number of fused-ring (bicyclic) bond motifs is 1. The van der Waals surface area contributed by atoms with Crippen LogP contribution >= 0.6 is 11.6 Å². The standard InChI is InChI=1S/C25H27ClN2O5/c1-16-7-9-27(10-8-16)24(30)13-28-20-12-18(3-5-23(20)33-15-25(28)31)21(29)14-32-22-6-4-19(26)11-17(22)2/h3-6,11-12,16H,7-10,13-15H2,1-2H3. The highest BCUT2D eigenvalue weighted by molar-refractivity contribution is 6.30. The molecule has 0 N–H and O–H groups in total. The number of anilines is 1. The van der Waals surface area contributed by atoms with Crippen LogP contribution in [0.1, 0.15) is 35.7 Å². The number of ether oxygens (including phenoxy) is 2. The molecule has 8 heteroatoms. The molecule has 0 saturated carbocycles. The number of hydrogen-bond acceptors (Lipinski definition) is 5. The van der Waals surface area contributed by atoms with Crippen molar-refractivity contribution in [3.05, 3.63) is 52.5 Å². The van der Waals surface area contributed by atoms with Crippen molar-refractivity contribution >= 4 is 34.9 Å². The average Bonchev–Trinajstić information content (AvgIpc) is 2.80. The minimum atomic E-state index is -0.307. The van der Waals surface area contributed by atoms with Crippen molar-refractivity contribution in [2.24, 2.45) is 5.92 Å². The molecule has 0 atom stereocenters. The number of amides is 2. The topological polar surface area (TPSA) is 76.2 Å². The highest BCUT2D eigenvalue weighted by atomic mass is 35.5. The Hall–Kier alpha value is -3.06. The molecule has 2 amide bonds. The summed E-state index contributed by atoms with van der Waals surface area (Å²) >= 11 is 5.97. The molecule has 1 saturated heterocycles. The van der Waals surface area contributed by atoms with Crippen LogP contribution in [-0.4, -0.2) is 55.3 Å². The van der Waals surface area contributed by atoms with Gasteiger partial charge in [-0.3, -0.25) is 19.3 Å². The Morgan fingerprint density at radius 1 is 1.15 bits per heavy atom. The van der Waals surface area contributed by atoms with Gasteiger partial charge in [-0.2, -0.15) is 0 Å². The lowest BCUT2D eigenvalue weighted by molar-refractivity contribution is -0.133. The first kappa shape index (κ1) is 23.1. The summed E-state index contributed by atoms with van der Waals surface area (Å²) in [4.78, 5) is 41.5. The second-order valence-electron chi connectivity index (χ2n) is 8.64. The molecule has 2 aliphatic rings. The molecule has 0 spiro atoms. The van der Waals surface area contributed by atoms with Gasteiger partial charge >= 0.3 is 0 Å². The molecule has 4 rings (SSSR count). The van der Waals surface area contributed by atoms with Crippen molar-refractivity contribution in [1.82, 2.24) is 4.90 Å². The summed E-state index contributed by atoms with van der Waals surface area (Å²) in [5.74, 6) is 1.00. The van der Waals surface area contributed by atoms with Crippen molar-refractivity contribution < 1.29 is 23.9 Å². The van der Waals surface area contributed by atoms with E-state index in [0.717, 1.165) is 18.4 Å². The smallest absolute Gasteiger partial charge is 0.265 e. The minimum absolute atomic E-state index is 0.0678. The van der Waals surface area contributed by atoms with E-state index >= 15 is 0 Å². The lowest BCUT2D eigenvalue weighted by Crippen LogP contribution is -2.48. The summed E-state index contributed by atoms with van der Waals surface area (Å²) in [6, 6.07) is 10.1. The largest absolute Gasteiger partial charge is 0.485 e. The predicted molar refractivity (Wildman–Crippen MR) is 125 cm³/mol. The number of benzene rings is 2. The molecule has 0 aliphatic carbocycles. The zero-order chi connectivity index (χ0) is 23.5. The van der Waals surface area contributed by atoms with E-state index < -0.39 is 0 Å². The van der Waals surface area contributed by atoms with Gasteiger partial charge in [-0.05, 0) is 67.6 Å². The molecule has 0 unspecified atom stereocenters. The summed E-state index contributed by atoms with van der Waals surface area (Å²) in [6.45, 7) is 5.06. The molecule has 2 aliphatic heterocycles. The van der Waals surface area contributed by atoms with Gasteiger partial charge < -0.3 is 14.4 Å². The Kier molecular flexibility index (Phi) is 6.88. The van der Waals surface area contributed by atoms with Crippen LogP contribution in [0.25, 0.3) is 0 Å². The summed E-state index contributed by atoms with van der Waals surface area (Å²) < 4.78 is 11.2. The van der Waals surface area contributed by atoms with Gasteiger partial charge in [-0.25, -0.2) is 0 Å². The number of ketones is 1. The van der Waals surface area contributed by atoms with Crippen LogP contribution < -0.4 is 14.4 Å². The van der Waals surface area contributed by atoms with Crippen LogP contribution in [0, 0.1) is 12.8 Å². The maximum Gasteiger partial charge on any atom is 0.265 e. The second-order valence-corrected chi connectivity index (χ2v) is 9.07. The van der Waals surface area contributed by atoms with Crippen molar-refractivity contribution in [1.29, 1.82) is 0 Å². The number of carbonyl (C=O) groups excluding carboxylic acids is 3. The molecule has 33 heavy (non-hydrogen) atoms. The van der Waals surface area contributed by atoms with Gasteiger partial charge in [-0.1, -0.05) is 18.5 Å². The Morgan fingerprint density at radius 2 is 1.91 bits per heavy atom. The first-order valence-electron chi connectivity index (χ1n) is 11.1. The van der Waals surface area contributed by atoms with Crippen LogP contribution in [-0.2, 0) is 9.59 Å². The zero-order valence-corrected chi connectivity index (χ0v) is 19.6. The Morgan fingerprint density at radius 3 is 2.64 bits per heavy atom. The van der Waals surface area contributed by atoms with Gasteiger partial charge in [0, 0.05) is 23.7 Å². The molecule has 7 nitrogen and oxygen atoms in total. The Balaban J connectivity index is 1.48. The fourth-order valence-electron chi connectivity index (χ4n) is 4.04. The van der Waals surface area contributed by atoms with Crippen LogP contribution in [0.5, 0.6) is 11.5 Å². The van der Waals surface area contributed by atoms with E-state index in [1.165, 1.54) is 4.90 Å². The van der Waals surface area contributed by atoms with Crippen LogP contribution in [0.4, 0.5) is 5.69 Å². The number of nitrogens with zero attached hydrogens (tertiary/aromatic N) is 2. The van der Waals surface area contributed by atoms with Gasteiger partial charge in [0.15, 0.2) is 19.0 Å². The predicted octanol–water partition coefficient (Wildman–Crippen LogP) is 3.89. The minimum Gasteiger partial charge on any atom is -0.485 e. The quantitative estimate of drug-likeness (QED) is 0.598. The van der Waals surface area contributed by atoms with Crippen LogP contribution in [0.15, 0.2) is 36.4 Å². The fraction of sp³-hybridized carbons (Fsp3) is 0.400. The molecule has 2 aromatic rings.